The van der Waals surface area contributed by atoms with Gasteiger partial charge in [0.05, 0.1) is 4.90 Å². The van der Waals surface area contributed by atoms with Gasteiger partial charge < -0.3 is 0 Å². The highest BCUT2D eigenvalue weighted by Gasteiger charge is 2.18. The highest BCUT2D eigenvalue weighted by molar-refractivity contribution is 7.85. The topological polar surface area (TPSA) is 54.4 Å². The van der Waals surface area contributed by atoms with Gasteiger partial charge in [-0.2, -0.15) is 8.42 Å². The van der Waals surface area contributed by atoms with Crippen LogP contribution in [0.4, 0.5) is 0 Å². The quantitative estimate of drug-likeness (QED) is 0.0572. The van der Waals surface area contributed by atoms with Crippen molar-refractivity contribution in [3.63, 3.8) is 0 Å². The van der Waals surface area contributed by atoms with Crippen molar-refractivity contribution in [1.29, 1.82) is 0 Å². The van der Waals surface area contributed by atoms with Crippen molar-refractivity contribution in [3.05, 3.63) is 41.5 Å². The summed E-state index contributed by atoms with van der Waals surface area (Å²) in [6, 6.07) is 9.92. The second-order valence-corrected chi connectivity index (χ2v) is 17.0. The molecule has 1 N–H and O–H groups in total. The van der Waals surface area contributed by atoms with E-state index >= 15 is 0 Å². The van der Waals surface area contributed by atoms with Crippen LogP contribution in [0.15, 0.2) is 35.2 Å². The molecule has 0 bridgehead atoms. The lowest BCUT2D eigenvalue weighted by atomic mass is 9.94. The molecule has 0 spiro atoms. The Labute approximate surface area is 311 Å². The zero-order valence-corrected chi connectivity index (χ0v) is 33.9. The zero-order chi connectivity index (χ0) is 36.0. The Kier molecular flexibility index (Phi) is 27.0. The van der Waals surface area contributed by atoms with Gasteiger partial charge in [0.25, 0.3) is 10.1 Å². The van der Waals surface area contributed by atoms with Crippen LogP contribution in [0.1, 0.15) is 230 Å². The molecule has 3 nitrogen and oxygen atoms in total. The van der Waals surface area contributed by atoms with Gasteiger partial charge in [-0.05, 0) is 53.6 Å². The summed E-state index contributed by atoms with van der Waals surface area (Å²) in [7, 11) is -4.25. The molecule has 0 radical (unpaired) electrons. The number of hydrogen-bond acceptors (Lipinski definition) is 2. The normalized spacial score (nSPS) is 12.0. The van der Waals surface area contributed by atoms with Crippen LogP contribution in [0.3, 0.4) is 0 Å². The summed E-state index contributed by atoms with van der Waals surface area (Å²) in [6.07, 6.45) is 44.9. The number of rotatable bonds is 35. The maximum atomic E-state index is 12.3. The fourth-order valence-electron chi connectivity index (χ4n) is 7.90. The average molecular weight is 713 g/mol. The minimum atomic E-state index is -4.25. The molecule has 0 aliphatic rings. The summed E-state index contributed by atoms with van der Waals surface area (Å²) in [5.41, 5.74) is 2.12. The molecule has 2 rings (SSSR count). The number of benzene rings is 2. The molecule has 0 unspecified atom stereocenters. The molecular weight excluding hydrogens is 633 g/mol. The van der Waals surface area contributed by atoms with E-state index in [-0.39, 0.29) is 4.90 Å². The molecule has 0 aliphatic carbocycles. The van der Waals surface area contributed by atoms with E-state index in [1.165, 1.54) is 198 Å². The van der Waals surface area contributed by atoms with Gasteiger partial charge in [0.2, 0.25) is 0 Å². The lowest BCUT2D eigenvalue weighted by molar-refractivity contribution is 0.482. The Balaban J connectivity index is 1.63. The summed E-state index contributed by atoms with van der Waals surface area (Å²) in [5.74, 6) is 0. The van der Waals surface area contributed by atoms with E-state index in [0.29, 0.717) is 6.42 Å². The Hall–Kier alpha value is -1.39. The van der Waals surface area contributed by atoms with Crippen LogP contribution in [0.25, 0.3) is 10.8 Å². The van der Waals surface area contributed by atoms with Crippen molar-refractivity contribution >= 4 is 20.9 Å². The molecule has 0 aliphatic heterocycles. The monoisotopic (exact) mass is 713 g/mol. The van der Waals surface area contributed by atoms with Gasteiger partial charge in [-0.3, -0.25) is 4.55 Å². The zero-order valence-electron chi connectivity index (χ0n) is 33.1. The van der Waals surface area contributed by atoms with E-state index in [1.807, 2.05) is 6.07 Å². The average Bonchev–Trinajstić information content (AvgIpc) is 3.10. The van der Waals surface area contributed by atoms with Crippen molar-refractivity contribution in [2.75, 3.05) is 0 Å². The molecule has 0 saturated heterocycles. The molecule has 2 aromatic carbocycles. The Bertz CT molecular complexity index is 1190. The molecule has 0 heterocycles. The molecule has 0 fully saturated rings. The number of hydrogen-bond donors (Lipinski definition) is 1. The molecular formula is C46H80O3S. The van der Waals surface area contributed by atoms with Crippen molar-refractivity contribution < 1.29 is 13.0 Å². The van der Waals surface area contributed by atoms with E-state index in [2.05, 4.69) is 32.0 Å². The number of aryl methyl sites for hydroxylation is 2. The first-order chi connectivity index (χ1) is 24.5. The fraction of sp³-hybridized carbons (Fsp3) is 0.783. The van der Waals surface area contributed by atoms with Crippen LogP contribution in [0.5, 0.6) is 0 Å². The first-order valence-electron chi connectivity index (χ1n) is 22.0. The molecule has 0 atom stereocenters. The third-order valence-electron chi connectivity index (χ3n) is 11.1. The van der Waals surface area contributed by atoms with Crippen LogP contribution >= 0.6 is 0 Å². The standard InChI is InChI=1S/C46H80O3S/c1-3-5-7-9-11-13-15-17-19-21-23-25-27-29-31-33-36-42-37-35-39-44-43(42)40-41-46(50(47,48)49)45(44)38-34-32-30-28-26-24-22-20-18-16-14-12-10-8-6-4-2/h35,37,39-41H,3-34,36,38H2,1-2H3,(H,47,48,49). The second kappa shape index (κ2) is 30.1. The summed E-state index contributed by atoms with van der Waals surface area (Å²) in [4.78, 5) is 0.102. The summed E-state index contributed by atoms with van der Waals surface area (Å²) in [6.45, 7) is 4.57. The van der Waals surface area contributed by atoms with Crippen LogP contribution < -0.4 is 0 Å². The Morgan fingerprint density at radius 3 is 1.10 bits per heavy atom. The lowest BCUT2D eigenvalue weighted by Gasteiger charge is -2.14. The van der Waals surface area contributed by atoms with Crippen LogP contribution in [0, 0.1) is 0 Å². The van der Waals surface area contributed by atoms with E-state index in [9.17, 15) is 13.0 Å². The molecule has 4 heteroatoms. The van der Waals surface area contributed by atoms with Gasteiger partial charge in [0.1, 0.15) is 0 Å². The first-order valence-corrected chi connectivity index (χ1v) is 23.4. The highest BCUT2D eigenvalue weighted by Crippen LogP contribution is 2.31. The SMILES string of the molecule is CCCCCCCCCCCCCCCCCCc1cccc2c(CCCCCCCCCCCCCCCCCC)c(S(=O)(=O)O)ccc12. The summed E-state index contributed by atoms with van der Waals surface area (Å²) in [5, 5.41) is 2.17. The lowest BCUT2D eigenvalue weighted by Crippen LogP contribution is -2.05. The third kappa shape index (κ3) is 21.2. The minimum Gasteiger partial charge on any atom is -0.282 e. The van der Waals surface area contributed by atoms with Crippen LogP contribution in [-0.4, -0.2) is 13.0 Å². The molecule has 0 saturated carbocycles. The van der Waals surface area contributed by atoms with E-state index < -0.39 is 10.1 Å². The van der Waals surface area contributed by atoms with Gasteiger partial charge in [-0.15, -0.1) is 0 Å². The smallest absolute Gasteiger partial charge is 0.282 e. The Morgan fingerprint density at radius 2 is 0.740 bits per heavy atom. The first kappa shape index (κ1) is 44.8. The summed E-state index contributed by atoms with van der Waals surface area (Å²) < 4.78 is 34.8. The third-order valence-corrected chi connectivity index (χ3v) is 12.0. The van der Waals surface area contributed by atoms with Crippen molar-refractivity contribution in [3.8, 4) is 0 Å². The minimum absolute atomic E-state index is 0.102. The maximum absolute atomic E-state index is 12.3. The van der Waals surface area contributed by atoms with Gasteiger partial charge >= 0.3 is 0 Å². The predicted octanol–water partition coefficient (Wildman–Crippen LogP) is 15.7. The Morgan fingerprint density at radius 1 is 0.400 bits per heavy atom. The number of fused-ring (bicyclic) bond motifs is 1. The van der Waals surface area contributed by atoms with Crippen LogP contribution in [0.2, 0.25) is 0 Å². The number of unbranched alkanes of at least 4 members (excludes halogenated alkanes) is 30. The van der Waals surface area contributed by atoms with Crippen molar-refractivity contribution in [1.82, 2.24) is 0 Å². The second-order valence-electron chi connectivity index (χ2n) is 15.6. The largest absolute Gasteiger partial charge is 0.294 e. The highest BCUT2D eigenvalue weighted by atomic mass is 32.2. The maximum Gasteiger partial charge on any atom is 0.294 e. The van der Waals surface area contributed by atoms with E-state index in [4.69, 9.17) is 0 Å². The van der Waals surface area contributed by atoms with Gasteiger partial charge in [-0.1, -0.05) is 231 Å². The van der Waals surface area contributed by atoms with Crippen molar-refractivity contribution in [2.24, 2.45) is 0 Å². The van der Waals surface area contributed by atoms with Gasteiger partial charge in [0.15, 0.2) is 0 Å². The molecule has 2 aromatic rings. The molecule has 0 amide bonds. The van der Waals surface area contributed by atoms with E-state index in [1.54, 1.807) is 6.07 Å². The van der Waals surface area contributed by atoms with Gasteiger partial charge in [-0.25, -0.2) is 0 Å². The van der Waals surface area contributed by atoms with Crippen molar-refractivity contribution in [2.45, 2.75) is 237 Å². The molecule has 50 heavy (non-hydrogen) atoms. The van der Waals surface area contributed by atoms with Gasteiger partial charge in [0, 0.05) is 0 Å². The molecule has 288 valence electrons. The van der Waals surface area contributed by atoms with Crippen LogP contribution in [-0.2, 0) is 23.0 Å². The van der Waals surface area contributed by atoms with E-state index in [0.717, 1.165) is 35.6 Å². The summed E-state index contributed by atoms with van der Waals surface area (Å²) >= 11 is 0. The predicted molar refractivity (Wildman–Crippen MR) is 220 cm³/mol. The molecule has 0 aromatic heterocycles. The fourth-order valence-corrected chi connectivity index (χ4v) is 8.66.